The Labute approximate surface area is 200 Å². The number of esters is 1. The highest BCUT2D eigenvalue weighted by Crippen LogP contribution is 2.35. The molecule has 9 nitrogen and oxygen atoms in total. The average molecular weight is 505 g/mol. The number of carbonyl (C=O) groups is 2. The molecule has 0 radical (unpaired) electrons. The van der Waals surface area contributed by atoms with Crippen LogP contribution in [0.2, 0.25) is 0 Å². The third-order valence-corrected chi connectivity index (χ3v) is 7.92. The van der Waals surface area contributed by atoms with E-state index in [1.165, 1.54) is 23.5 Å². The van der Waals surface area contributed by atoms with Gasteiger partial charge in [-0.25, -0.2) is 8.42 Å². The van der Waals surface area contributed by atoms with Crippen molar-refractivity contribution in [2.24, 2.45) is 4.99 Å². The van der Waals surface area contributed by atoms with Crippen molar-refractivity contribution < 1.29 is 32.2 Å². The van der Waals surface area contributed by atoms with Gasteiger partial charge in [-0.1, -0.05) is 29.5 Å². The van der Waals surface area contributed by atoms with Gasteiger partial charge in [0.2, 0.25) is 5.91 Å². The molecule has 0 aliphatic carbocycles. The zero-order chi connectivity index (χ0) is 24.1. The molecule has 2 aromatic carbocycles. The number of aromatic nitrogens is 1. The lowest BCUT2D eigenvalue weighted by Gasteiger charge is -2.18. The van der Waals surface area contributed by atoms with Crippen LogP contribution in [0.1, 0.15) is 19.8 Å². The first-order chi connectivity index (χ1) is 16.4. The minimum Gasteiger partial charge on any atom is -0.486 e. The first kappa shape index (κ1) is 24.0. The monoisotopic (exact) mass is 504 g/mol. The molecule has 0 fully saturated rings. The number of hydrogen-bond donors (Lipinski definition) is 0. The second kappa shape index (κ2) is 10.4. The maximum atomic E-state index is 12.6. The van der Waals surface area contributed by atoms with Crippen LogP contribution in [0.15, 0.2) is 52.4 Å². The first-order valence-corrected chi connectivity index (χ1v) is 13.3. The van der Waals surface area contributed by atoms with Gasteiger partial charge in [0.1, 0.15) is 19.8 Å². The van der Waals surface area contributed by atoms with Crippen LogP contribution < -0.4 is 14.3 Å². The summed E-state index contributed by atoms with van der Waals surface area (Å²) in [5, 5.41) is 0. The van der Waals surface area contributed by atoms with Gasteiger partial charge >= 0.3 is 5.97 Å². The Hall–Kier alpha value is -3.18. The van der Waals surface area contributed by atoms with Crippen LogP contribution >= 0.6 is 11.3 Å². The molecule has 34 heavy (non-hydrogen) atoms. The molecule has 1 aromatic heterocycles. The van der Waals surface area contributed by atoms with E-state index in [0.717, 1.165) is 4.70 Å². The highest BCUT2D eigenvalue weighted by Gasteiger charge is 2.19. The Morgan fingerprint density at radius 2 is 1.82 bits per heavy atom. The van der Waals surface area contributed by atoms with Crippen molar-refractivity contribution in [1.82, 2.24) is 4.57 Å². The van der Waals surface area contributed by atoms with E-state index in [2.05, 4.69) is 4.99 Å². The molecule has 11 heteroatoms. The van der Waals surface area contributed by atoms with Crippen LogP contribution in [0, 0.1) is 0 Å². The van der Waals surface area contributed by atoms with E-state index in [4.69, 9.17) is 14.2 Å². The normalized spacial score (nSPS) is 13.7. The van der Waals surface area contributed by atoms with E-state index in [-0.39, 0.29) is 36.6 Å². The van der Waals surface area contributed by atoms with Crippen LogP contribution in [0.4, 0.5) is 0 Å². The second-order valence-electron chi connectivity index (χ2n) is 7.48. The Balaban J connectivity index is 1.58. The van der Waals surface area contributed by atoms with Gasteiger partial charge in [-0.2, -0.15) is 4.99 Å². The molecule has 4 rings (SSSR count). The Morgan fingerprint density at radius 3 is 2.53 bits per heavy atom. The van der Waals surface area contributed by atoms with Gasteiger partial charge in [0.05, 0.1) is 27.5 Å². The van der Waals surface area contributed by atoms with Gasteiger partial charge in [-0.05, 0) is 25.5 Å². The number of benzene rings is 2. The molecule has 3 aromatic rings. The number of hydrogen-bond acceptors (Lipinski definition) is 8. The number of rotatable bonds is 8. The third kappa shape index (κ3) is 5.48. The molecule has 1 aliphatic heterocycles. The van der Waals surface area contributed by atoms with Crippen LogP contribution in [0.3, 0.4) is 0 Å². The summed E-state index contributed by atoms with van der Waals surface area (Å²) in [7, 11) is -3.47. The molecule has 0 atom stereocenters. The fourth-order valence-electron chi connectivity index (χ4n) is 3.50. The molecule has 1 aliphatic rings. The molecule has 2 heterocycles. The molecule has 0 saturated carbocycles. The molecule has 0 N–H and O–H groups in total. The summed E-state index contributed by atoms with van der Waals surface area (Å²) in [6.07, 6.45) is 0.0980. The van der Waals surface area contributed by atoms with Crippen molar-refractivity contribution in [2.45, 2.75) is 31.2 Å². The summed E-state index contributed by atoms with van der Waals surface area (Å²) in [4.78, 5) is 29.5. The lowest BCUT2D eigenvalue weighted by Crippen LogP contribution is -2.23. The van der Waals surface area contributed by atoms with E-state index < -0.39 is 21.7 Å². The van der Waals surface area contributed by atoms with Gasteiger partial charge in [-0.3, -0.25) is 9.59 Å². The molecule has 180 valence electrons. The quantitative estimate of drug-likeness (QED) is 0.434. The maximum Gasteiger partial charge on any atom is 0.326 e. The van der Waals surface area contributed by atoms with E-state index in [9.17, 15) is 18.0 Å². The number of nitrogens with zero attached hydrogens (tertiary/aromatic N) is 2. The van der Waals surface area contributed by atoms with Crippen LogP contribution in [0.5, 0.6) is 11.5 Å². The van der Waals surface area contributed by atoms with Gasteiger partial charge in [0.15, 0.2) is 26.1 Å². The van der Waals surface area contributed by atoms with Gasteiger partial charge < -0.3 is 18.8 Å². The van der Waals surface area contributed by atoms with Gasteiger partial charge in [0, 0.05) is 18.6 Å². The topological polar surface area (TPSA) is 113 Å². The van der Waals surface area contributed by atoms with Crippen molar-refractivity contribution >= 4 is 43.3 Å². The average Bonchev–Trinajstić information content (AvgIpc) is 3.13. The fraction of sp³-hybridized carbons (Fsp3) is 0.348. The minimum absolute atomic E-state index is 0.0392. The molecule has 0 unspecified atom stereocenters. The Bertz CT molecular complexity index is 1380. The summed E-state index contributed by atoms with van der Waals surface area (Å²) in [6, 6.07) is 11.7. The molecular weight excluding hydrogens is 480 g/mol. The Kier molecular flexibility index (Phi) is 7.32. The highest BCUT2D eigenvalue weighted by atomic mass is 32.2. The van der Waals surface area contributed by atoms with Crippen LogP contribution in [-0.2, 0) is 30.7 Å². The molecule has 0 saturated heterocycles. The van der Waals surface area contributed by atoms with E-state index in [1.807, 2.05) is 0 Å². The number of thiazole rings is 1. The molecule has 0 spiro atoms. The van der Waals surface area contributed by atoms with E-state index in [1.54, 1.807) is 41.8 Å². The molecule has 1 amide bonds. The first-order valence-electron chi connectivity index (χ1n) is 10.8. The zero-order valence-electron chi connectivity index (χ0n) is 18.6. The smallest absolute Gasteiger partial charge is 0.326 e. The van der Waals surface area contributed by atoms with Crippen molar-refractivity contribution in [3.63, 3.8) is 0 Å². The lowest BCUT2D eigenvalue weighted by atomic mass is 10.2. The van der Waals surface area contributed by atoms with E-state index in [0.29, 0.717) is 35.0 Å². The highest BCUT2D eigenvalue weighted by molar-refractivity contribution is 7.91. The lowest BCUT2D eigenvalue weighted by molar-refractivity contribution is -0.143. The van der Waals surface area contributed by atoms with Crippen LogP contribution in [0.25, 0.3) is 10.2 Å². The van der Waals surface area contributed by atoms with E-state index >= 15 is 0 Å². The second-order valence-corrected chi connectivity index (χ2v) is 10.6. The third-order valence-electron chi connectivity index (χ3n) is 5.07. The minimum atomic E-state index is -3.47. The number of fused-ring (bicyclic) bond motifs is 2. The van der Waals surface area contributed by atoms with Crippen molar-refractivity contribution in [1.29, 1.82) is 0 Å². The Morgan fingerprint density at radius 1 is 1.12 bits per heavy atom. The predicted octanol–water partition coefficient (Wildman–Crippen LogP) is 2.72. The molecule has 0 bridgehead atoms. The summed E-state index contributed by atoms with van der Waals surface area (Å²) in [6.45, 7) is 2.68. The predicted molar refractivity (Wildman–Crippen MR) is 126 cm³/mol. The summed E-state index contributed by atoms with van der Waals surface area (Å²) in [5.74, 6) is 0.0598. The largest absolute Gasteiger partial charge is 0.486 e. The number of carbonyl (C=O) groups excluding carboxylic acids is 2. The fourth-order valence-corrected chi connectivity index (χ4v) is 5.89. The van der Waals surface area contributed by atoms with Crippen LogP contribution in [-0.4, -0.2) is 50.4 Å². The van der Waals surface area contributed by atoms with Crippen molar-refractivity contribution in [3.05, 3.63) is 47.3 Å². The zero-order valence-corrected chi connectivity index (χ0v) is 20.2. The maximum absolute atomic E-state index is 12.6. The summed E-state index contributed by atoms with van der Waals surface area (Å²) in [5.41, 5.74) is 0.667. The number of sulfone groups is 1. The number of ether oxygens (including phenoxy) is 3. The summed E-state index contributed by atoms with van der Waals surface area (Å²) < 4.78 is 43.6. The summed E-state index contributed by atoms with van der Waals surface area (Å²) >= 11 is 1.23. The number of amides is 1. The van der Waals surface area contributed by atoms with Gasteiger partial charge in [-0.15, -0.1) is 0 Å². The van der Waals surface area contributed by atoms with Crippen molar-refractivity contribution in [2.75, 3.05) is 25.6 Å². The SMILES string of the molecule is CCOC(=O)Cn1c(=NC(=O)CCCS(=O)(=O)c2ccccc2)sc2cc3c(cc21)OCCO3. The standard InChI is InChI=1S/C23H24N2O7S2/c1-2-30-22(27)15-25-17-13-18-19(32-11-10-31-18)14-20(17)33-23(25)24-21(26)9-6-12-34(28,29)16-7-4-3-5-8-16/h3-5,7-8,13-14H,2,6,9-12,15H2,1H3. The molecular formula is C23H24N2O7S2. The van der Waals surface area contributed by atoms with Gasteiger partial charge in [0.25, 0.3) is 0 Å². The van der Waals surface area contributed by atoms with Crippen molar-refractivity contribution in [3.8, 4) is 11.5 Å².